The highest BCUT2D eigenvalue weighted by atomic mass is 16.6. The summed E-state index contributed by atoms with van der Waals surface area (Å²) in [6.07, 6.45) is 0.104. The van der Waals surface area contributed by atoms with E-state index in [2.05, 4.69) is 0 Å². The third-order valence-corrected chi connectivity index (χ3v) is 4.37. The average molecular weight is 396 g/mol. The maximum Gasteiger partial charge on any atom is 0.342 e. The minimum atomic E-state index is -0.804. The Kier molecular flexibility index (Phi) is 6.19. The first-order chi connectivity index (χ1) is 14.0. The van der Waals surface area contributed by atoms with Crippen molar-refractivity contribution in [1.82, 2.24) is 0 Å². The van der Waals surface area contributed by atoms with Crippen molar-refractivity contribution in [3.63, 3.8) is 0 Å². The molecule has 1 aliphatic rings. The Morgan fingerprint density at radius 2 is 1.97 bits per heavy atom. The van der Waals surface area contributed by atoms with Crippen LogP contribution in [0.5, 0.6) is 17.2 Å². The number of benzene rings is 2. The molecule has 0 spiro atoms. The SMILES string of the molecule is Cc1cccc(C(=O)OCC(=O)N(CCC#N)c2ccc3c(c2)OCCO3)c1O. The lowest BCUT2D eigenvalue weighted by Crippen LogP contribution is -2.35. The Morgan fingerprint density at radius 3 is 2.72 bits per heavy atom. The molecular formula is C21H20N2O6. The van der Waals surface area contributed by atoms with Gasteiger partial charge in [0.25, 0.3) is 5.91 Å². The normalized spacial score (nSPS) is 12.0. The van der Waals surface area contributed by atoms with Crippen molar-refractivity contribution in [2.45, 2.75) is 13.3 Å². The van der Waals surface area contributed by atoms with Gasteiger partial charge in [-0.1, -0.05) is 12.1 Å². The highest BCUT2D eigenvalue weighted by Gasteiger charge is 2.22. The first-order valence-corrected chi connectivity index (χ1v) is 9.04. The zero-order valence-electron chi connectivity index (χ0n) is 15.9. The van der Waals surface area contributed by atoms with Crippen molar-refractivity contribution in [2.24, 2.45) is 0 Å². The van der Waals surface area contributed by atoms with Crippen LogP contribution in [0.25, 0.3) is 0 Å². The number of carbonyl (C=O) groups is 2. The van der Waals surface area contributed by atoms with E-state index in [1.807, 2.05) is 6.07 Å². The van der Waals surface area contributed by atoms with Gasteiger partial charge in [0.15, 0.2) is 18.1 Å². The molecule has 2 aromatic rings. The van der Waals surface area contributed by atoms with Gasteiger partial charge in [-0.25, -0.2) is 4.79 Å². The molecule has 29 heavy (non-hydrogen) atoms. The van der Waals surface area contributed by atoms with Gasteiger partial charge in [-0.2, -0.15) is 5.26 Å². The van der Waals surface area contributed by atoms with Gasteiger partial charge in [0.2, 0.25) is 0 Å². The number of phenols is 1. The second kappa shape index (κ2) is 8.97. The molecule has 0 saturated carbocycles. The summed E-state index contributed by atoms with van der Waals surface area (Å²) in [7, 11) is 0. The number of nitrogens with zero attached hydrogens (tertiary/aromatic N) is 2. The van der Waals surface area contributed by atoms with Crippen LogP contribution in [0.3, 0.4) is 0 Å². The predicted octanol–water partition coefficient (Wildman–Crippen LogP) is 2.58. The summed E-state index contributed by atoms with van der Waals surface area (Å²) in [6, 6.07) is 11.7. The molecule has 0 fully saturated rings. The molecule has 0 radical (unpaired) electrons. The molecule has 0 aromatic heterocycles. The molecule has 1 amide bonds. The van der Waals surface area contributed by atoms with Crippen LogP contribution in [0.2, 0.25) is 0 Å². The fourth-order valence-electron chi connectivity index (χ4n) is 2.87. The fourth-order valence-corrected chi connectivity index (χ4v) is 2.87. The molecule has 3 rings (SSSR count). The van der Waals surface area contributed by atoms with Gasteiger partial charge in [-0.15, -0.1) is 0 Å². The molecule has 1 aliphatic heterocycles. The Morgan fingerprint density at radius 1 is 1.21 bits per heavy atom. The van der Waals surface area contributed by atoms with E-state index in [1.54, 1.807) is 37.3 Å². The van der Waals surface area contributed by atoms with E-state index in [0.29, 0.717) is 36.0 Å². The lowest BCUT2D eigenvalue weighted by atomic mass is 10.1. The Hall–Kier alpha value is -3.73. The van der Waals surface area contributed by atoms with Crippen LogP contribution in [0.1, 0.15) is 22.3 Å². The van der Waals surface area contributed by atoms with Crippen LogP contribution in [0, 0.1) is 18.3 Å². The quantitative estimate of drug-likeness (QED) is 0.748. The largest absolute Gasteiger partial charge is 0.507 e. The van der Waals surface area contributed by atoms with Crippen LogP contribution in [0.4, 0.5) is 5.69 Å². The molecule has 0 atom stereocenters. The van der Waals surface area contributed by atoms with Gasteiger partial charge >= 0.3 is 5.97 Å². The van der Waals surface area contributed by atoms with Gasteiger partial charge in [-0.05, 0) is 30.7 Å². The predicted molar refractivity (Wildman–Crippen MR) is 103 cm³/mol. The summed E-state index contributed by atoms with van der Waals surface area (Å²) in [5, 5.41) is 18.9. The van der Waals surface area contributed by atoms with E-state index >= 15 is 0 Å². The van der Waals surface area contributed by atoms with Crippen LogP contribution in [0.15, 0.2) is 36.4 Å². The molecule has 0 unspecified atom stereocenters. The molecular weight excluding hydrogens is 376 g/mol. The summed E-state index contributed by atoms with van der Waals surface area (Å²) in [4.78, 5) is 26.3. The lowest BCUT2D eigenvalue weighted by molar-refractivity contribution is -0.121. The minimum absolute atomic E-state index is 0.0132. The van der Waals surface area contributed by atoms with E-state index in [1.165, 1.54) is 11.0 Å². The number of nitriles is 1. The van der Waals surface area contributed by atoms with Crippen LogP contribution < -0.4 is 14.4 Å². The van der Waals surface area contributed by atoms with Crippen LogP contribution >= 0.6 is 0 Å². The van der Waals surface area contributed by atoms with Crippen molar-refractivity contribution >= 4 is 17.6 Å². The molecule has 0 saturated heterocycles. The highest BCUT2D eigenvalue weighted by molar-refractivity contribution is 5.98. The number of phenolic OH excluding ortho intramolecular Hbond substituents is 1. The number of rotatable bonds is 6. The number of aromatic hydroxyl groups is 1. The van der Waals surface area contributed by atoms with Gasteiger partial charge in [0, 0.05) is 18.3 Å². The smallest absolute Gasteiger partial charge is 0.342 e. The average Bonchev–Trinajstić information content (AvgIpc) is 2.74. The zero-order chi connectivity index (χ0) is 20.8. The molecule has 2 aromatic carbocycles. The Balaban J connectivity index is 1.73. The maximum atomic E-state index is 12.7. The van der Waals surface area contributed by atoms with Crippen molar-refractivity contribution < 1.29 is 28.9 Å². The summed E-state index contributed by atoms with van der Waals surface area (Å²) in [5.74, 6) is -0.406. The second-order valence-electron chi connectivity index (χ2n) is 6.33. The number of ether oxygens (including phenoxy) is 3. The van der Waals surface area contributed by atoms with E-state index in [-0.39, 0.29) is 24.3 Å². The number of hydrogen-bond acceptors (Lipinski definition) is 7. The second-order valence-corrected chi connectivity index (χ2v) is 6.33. The third-order valence-electron chi connectivity index (χ3n) is 4.37. The molecule has 8 heteroatoms. The highest BCUT2D eigenvalue weighted by Crippen LogP contribution is 2.34. The van der Waals surface area contributed by atoms with E-state index < -0.39 is 18.5 Å². The van der Waals surface area contributed by atoms with Crippen molar-refractivity contribution in [1.29, 1.82) is 5.26 Å². The molecule has 0 aliphatic carbocycles. The Labute approximate surface area is 167 Å². The van der Waals surface area contributed by atoms with Crippen molar-refractivity contribution in [3.05, 3.63) is 47.5 Å². The molecule has 1 N–H and O–H groups in total. The third kappa shape index (κ3) is 4.58. The van der Waals surface area contributed by atoms with Crippen LogP contribution in [-0.2, 0) is 9.53 Å². The number of amides is 1. The number of fused-ring (bicyclic) bond motifs is 1. The molecule has 1 heterocycles. The number of anilines is 1. The molecule has 0 bridgehead atoms. The number of para-hydroxylation sites is 1. The molecule has 8 nitrogen and oxygen atoms in total. The monoisotopic (exact) mass is 396 g/mol. The van der Waals surface area contributed by atoms with Gasteiger partial charge < -0.3 is 24.2 Å². The minimum Gasteiger partial charge on any atom is -0.507 e. The number of carbonyl (C=O) groups excluding carboxylic acids is 2. The standard InChI is InChI=1S/C21H20N2O6/c1-14-4-2-5-16(20(14)25)21(26)29-13-19(24)23(9-3-8-22)15-6-7-17-18(12-15)28-11-10-27-17/h2,4-7,12,25H,3,9-11,13H2,1H3. The van der Waals surface area contributed by atoms with Gasteiger partial charge in [0.1, 0.15) is 24.5 Å². The summed E-state index contributed by atoms with van der Waals surface area (Å²) in [5.41, 5.74) is 1.02. The number of aryl methyl sites for hydroxylation is 1. The van der Waals surface area contributed by atoms with E-state index in [4.69, 9.17) is 19.5 Å². The molecule has 150 valence electrons. The first-order valence-electron chi connectivity index (χ1n) is 9.04. The fraction of sp³-hybridized carbons (Fsp3) is 0.286. The van der Waals surface area contributed by atoms with E-state index in [0.717, 1.165) is 0 Å². The van der Waals surface area contributed by atoms with Crippen LogP contribution in [-0.4, -0.2) is 43.3 Å². The van der Waals surface area contributed by atoms with Gasteiger partial charge in [0.05, 0.1) is 12.5 Å². The van der Waals surface area contributed by atoms with Crippen molar-refractivity contribution in [2.75, 3.05) is 31.3 Å². The summed E-state index contributed by atoms with van der Waals surface area (Å²) >= 11 is 0. The lowest BCUT2D eigenvalue weighted by Gasteiger charge is -2.24. The van der Waals surface area contributed by atoms with E-state index in [9.17, 15) is 14.7 Å². The maximum absolute atomic E-state index is 12.7. The Bertz CT molecular complexity index is 966. The zero-order valence-corrected chi connectivity index (χ0v) is 15.9. The topological polar surface area (TPSA) is 109 Å². The number of hydrogen-bond donors (Lipinski definition) is 1. The summed E-state index contributed by atoms with van der Waals surface area (Å²) in [6.45, 7) is 2.10. The van der Waals surface area contributed by atoms with Gasteiger partial charge in [-0.3, -0.25) is 4.79 Å². The first kappa shape index (κ1) is 20.0. The van der Waals surface area contributed by atoms with Crippen molar-refractivity contribution in [3.8, 4) is 23.3 Å². The summed E-state index contributed by atoms with van der Waals surface area (Å²) < 4.78 is 16.1. The number of esters is 1.